The number of aromatic nitrogens is 3. The van der Waals surface area contributed by atoms with Crippen molar-refractivity contribution >= 4 is 28.6 Å². The van der Waals surface area contributed by atoms with E-state index in [1.165, 1.54) is 47.0 Å². The second-order valence-corrected chi connectivity index (χ2v) is 11.8. The number of nitrogens with one attached hydrogen (secondary N) is 1. The summed E-state index contributed by atoms with van der Waals surface area (Å²) in [5, 5.41) is 18.5. The molecule has 1 atom stereocenters. The maximum absolute atomic E-state index is 12.7. The number of thioether (sulfide) groups is 1. The number of urea groups is 1. The summed E-state index contributed by atoms with van der Waals surface area (Å²) in [7, 11) is 0. The monoisotopic (exact) mass is 638 g/mol. The van der Waals surface area contributed by atoms with Crippen LogP contribution in [0.1, 0.15) is 42.9 Å². The summed E-state index contributed by atoms with van der Waals surface area (Å²) in [5.74, 6) is 0.829. The van der Waals surface area contributed by atoms with Crippen LogP contribution < -0.4 is 15.0 Å². The van der Waals surface area contributed by atoms with E-state index in [4.69, 9.17) is 0 Å². The van der Waals surface area contributed by atoms with Crippen LogP contribution in [0.2, 0.25) is 0 Å². The average molecular weight is 639 g/mol. The Morgan fingerprint density at radius 1 is 1.13 bits per heavy atom. The first-order valence-corrected chi connectivity index (χ1v) is 15.4. The van der Waals surface area contributed by atoms with Gasteiger partial charge in [-0.25, -0.2) is 14.5 Å². The zero-order valence-corrected chi connectivity index (χ0v) is 25.8. The lowest BCUT2D eigenvalue weighted by atomic mass is 9.98. The lowest BCUT2D eigenvalue weighted by Gasteiger charge is -2.26. The third-order valence-corrected chi connectivity index (χ3v) is 8.10. The number of aliphatic hydroxyl groups is 1. The Bertz CT molecular complexity index is 1660. The molecule has 236 valence electrons. The van der Waals surface area contributed by atoms with Gasteiger partial charge >= 0.3 is 12.4 Å². The fourth-order valence-electron chi connectivity index (χ4n) is 4.88. The molecule has 0 spiro atoms. The Kier molecular flexibility index (Phi) is 9.78. The number of aliphatic hydroxyl groups excluding tert-OH is 1. The van der Waals surface area contributed by atoms with Crippen molar-refractivity contribution in [3.63, 3.8) is 0 Å². The van der Waals surface area contributed by atoms with Gasteiger partial charge in [0, 0.05) is 23.5 Å². The van der Waals surface area contributed by atoms with Crippen molar-refractivity contribution in [2.75, 3.05) is 17.2 Å². The van der Waals surface area contributed by atoms with E-state index in [0.29, 0.717) is 35.4 Å². The maximum Gasteiger partial charge on any atom is 0.573 e. The predicted octanol–water partition coefficient (Wildman–Crippen LogP) is 6.83. The number of anilines is 1. The van der Waals surface area contributed by atoms with Gasteiger partial charge < -0.3 is 15.2 Å². The molecule has 0 saturated carbocycles. The molecule has 1 aliphatic rings. The quantitative estimate of drug-likeness (QED) is 0.194. The Labute approximate surface area is 263 Å². The number of nitrogens with zero attached hydrogens (tertiary/aromatic N) is 5. The molecule has 5 rings (SSSR count). The van der Waals surface area contributed by atoms with Crippen molar-refractivity contribution < 1.29 is 27.8 Å². The lowest BCUT2D eigenvalue weighted by molar-refractivity contribution is -0.274. The van der Waals surface area contributed by atoms with Crippen molar-refractivity contribution in [3.05, 3.63) is 89.7 Å². The molecule has 9 nitrogen and oxygen atoms in total. The van der Waals surface area contributed by atoms with Crippen molar-refractivity contribution in [1.29, 1.82) is 0 Å². The number of alkyl halides is 3. The van der Waals surface area contributed by atoms with Gasteiger partial charge in [0.1, 0.15) is 18.3 Å². The van der Waals surface area contributed by atoms with E-state index in [2.05, 4.69) is 45.0 Å². The molecule has 0 aliphatic carbocycles. The first kappa shape index (κ1) is 32.0. The molecule has 2 heterocycles. The van der Waals surface area contributed by atoms with Gasteiger partial charge in [0.2, 0.25) is 0 Å². The first-order chi connectivity index (χ1) is 21.5. The van der Waals surface area contributed by atoms with Gasteiger partial charge in [-0.15, -0.1) is 18.3 Å². The number of hydrogen-bond donors (Lipinski definition) is 2. The van der Waals surface area contributed by atoms with Gasteiger partial charge in [0.05, 0.1) is 5.69 Å². The summed E-state index contributed by atoms with van der Waals surface area (Å²) in [5.41, 5.74) is 5.41. The molecule has 1 aliphatic heterocycles. The number of ether oxygens (including phenoxy) is 1. The van der Waals surface area contributed by atoms with E-state index in [1.807, 2.05) is 43.3 Å². The minimum Gasteiger partial charge on any atom is -0.406 e. The molecular formula is C32H33F3N6O3S. The highest BCUT2D eigenvalue weighted by atomic mass is 32.2. The smallest absolute Gasteiger partial charge is 0.406 e. The minimum atomic E-state index is -4.75. The number of amidine groups is 1. The molecule has 1 fully saturated rings. The number of benzene rings is 3. The number of aryl methyl sites for hydroxylation is 2. The van der Waals surface area contributed by atoms with Crippen LogP contribution in [0.15, 0.2) is 78.0 Å². The number of carbonyl (C=O) groups is 1. The predicted molar refractivity (Wildman–Crippen MR) is 169 cm³/mol. The number of amides is 2. The van der Waals surface area contributed by atoms with Crippen LogP contribution in [0, 0.1) is 6.92 Å². The largest absolute Gasteiger partial charge is 0.573 e. The summed E-state index contributed by atoms with van der Waals surface area (Å²) in [4.78, 5) is 23.0. The highest BCUT2D eigenvalue weighted by Gasteiger charge is 2.33. The van der Waals surface area contributed by atoms with E-state index >= 15 is 0 Å². The highest BCUT2D eigenvalue weighted by Crippen LogP contribution is 2.35. The van der Waals surface area contributed by atoms with Crippen molar-refractivity contribution in [2.24, 2.45) is 4.99 Å². The molecule has 1 unspecified atom stereocenters. The van der Waals surface area contributed by atoms with Crippen LogP contribution in [0.5, 0.6) is 5.75 Å². The van der Waals surface area contributed by atoms with E-state index in [0.717, 1.165) is 34.4 Å². The second-order valence-electron chi connectivity index (χ2n) is 10.9. The lowest BCUT2D eigenvalue weighted by Crippen LogP contribution is -2.35. The van der Waals surface area contributed by atoms with E-state index in [1.54, 1.807) is 4.90 Å². The Balaban J connectivity index is 1.13. The summed E-state index contributed by atoms with van der Waals surface area (Å²) < 4.78 is 42.6. The highest BCUT2D eigenvalue weighted by molar-refractivity contribution is 8.14. The zero-order chi connectivity index (χ0) is 32.1. The molecule has 0 bridgehead atoms. The molecule has 3 aromatic carbocycles. The van der Waals surface area contributed by atoms with E-state index in [9.17, 15) is 23.1 Å². The molecule has 4 aromatic rings. The van der Waals surface area contributed by atoms with Crippen LogP contribution >= 0.6 is 11.8 Å². The molecule has 2 amide bonds. The zero-order valence-electron chi connectivity index (χ0n) is 25.0. The third kappa shape index (κ3) is 8.22. The van der Waals surface area contributed by atoms with Crippen LogP contribution in [-0.2, 0) is 6.42 Å². The topological polar surface area (TPSA) is 105 Å². The van der Waals surface area contributed by atoms with Gasteiger partial charge in [0.25, 0.3) is 0 Å². The molecule has 1 aromatic heterocycles. The van der Waals surface area contributed by atoms with Crippen LogP contribution in [0.25, 0.3) is 17.1 Å². The summed E-state index contributed by atoms with van der Waals surface area (Å²) in [6.07, 6.45) is -2.60. The van der Waals surface area contributed by atoms with Crippen molar-refractivity contribution in [3.8, 4) is 22.8 Å². The minimum absolute atomic E-state index is 0.243. The normalized spacial score (nSPS) is 16.0. The number of carbonyl (C=O) groups excluding carboxylic acids is 1. The van der Waals surface area contributed by atoms with Gasteiger partial charge in [-0.3, -0.25) is 4.90 Å². The third-order valence-electron chi connectivity index (χ3n) is 7.09. The Hall–Kier alpha value is -4.36. The van der Waals surface area contributed by atoms with Gasteiger partial charge in [-0.2, -0.15) is 4.99 Å². The molecule has 45 heavy (non-hydrogen) atoms. The number of aliphatic imine (C=N–C) groups is 1. The number of hydrogen-bond acceptors (Lipinski definition) is 6. The SMILES string of the molecule is Cc1ccc(C(C)C)c(N2C(=NC(=O)NCCCc3ccc(-c4ncn(-c5ccc(OC(F)(F)F)cc5)n4)cc3)SCC2O)c1. The van der Waals surface area contributed by atoms with Crippen molar-refractivity contribution in [2.45, 2.75) is 52.1 Å². The second kappa shape index (κ2) is 13.7. The van der Waals surface area contributed by atoms with E-state index < -0.39 is 18.6 Å². The average Bonchev–Trinajstić information content (AvgIpc) is 3.62. The first-order valence-electron chi connectivity index (χ1n) is 14.4. The fourth-order valence-corrected chi connectivity index (χ4v) is 5.83. The maximum atomic E-state index is 12.7. The van der Waals surface area contributed by atoms with Crippen LogP contribution in [0.4, 0.5) is 23.7 Å². The number of rotatable bonds is 9. The Morgan fingerprint density at radius 2 is 1.87 bits per heavy atom. The van der Waals surface area contributed by atoms with Gasteiger partial charge in [-0.1, -0.05) is 62.0 Å². The Morgan fingerprint density at radius 3 is 2.56 bits per heavy atom. The molecule has 0 radical (unpaired) electrons. The summed E-state index contributed by atoms with van der Waals surface area (Å²) in [6.45, 7) is 6.62. The number of halogens is 3. The summed E-state index contributed by atoms with van der Waals surface area (Å²) in [6, 6.07) is 18.7. The van der Waals surface area contributed by atoms with Crippen LogP contribution in [-0.4, -0.2) is 56.0 Å². The standard InChI is InChI=1S/C32H33F3N6O3S/c1-20(2)26-15-6-21(3)17-27(26)41-28(42)18-45-31(41)38-30(43)36-16-4-5-22-7-9-23(10-8-22)29-37-19-40(39-29)24-11-13-25(14-12-24)44-32(33,34)35/h6-15,17,19-20,28,42H,4-5,16,18H2,1-3H3,(H,36,43). The van der Waals surface area contributed by atoms with E-state index in [-0.39, 0.29) is 11.7 Å². The fraction of sp³-hybridized carbons (Fsp3) is 0.312. The summed E-state index contributed by atoms with van der Waals surface area (Å²) >= 11 is 1.36. The van der Waals surface area contributed by atoms with Crippen LogP contribution in [0.3, 0.4) is 0 Å². The molecule has 13 heteroatoms. The molecule has 2 N–H and O–H groups in total. The van der Waals surface area contributed by atoms with Gasteiger partial charge in [0.15, 0.2) is 11.0 Å². The van der Waals surface area contributed by atoms with Gasteiger partial charge in [-0.05, 0) is 72.7 Å². The molecular weight excluding hydrogens is 605 g/mol. The van der Waals surface area contributed by atoms with Crippen molar-refractivity contribution in [1.82, 2.24) is 20.1 Å². The molecule has 1 saturated heterocycles.